The highest BCUT2D eigenvalue weighted by molar-refractivity contribution is 7.99. The molecule has 0 radical (unpaired) electrons. The maximum atomic E-state index is 11.1. The summed E-state index contributed by atoms with van der Waals surface area (Å²) >= 11 is 1.33. The Morgan fingerprint density at radius 3 is 2.80 bits per heavy atom. The molecular formula is C13H10N4O2S. The predicted molar refractivity (Wildman–Crippen MR) is 73.9 cm³/mol. The second kappa shape index (κ2) is 4.93. The summed E-state index contributed by atoms with van der Waals surface area (Å²) in [7, 11) is 0. The molecule has 0 atom stereocenters. The van der Waals surface area contributed by atoms with Crippen molar-refractivity contribution in [3.05, 3.63) is 41.7 Å². The highest BCUT2D eigenvalue weighted by Crippen LogP contribution is 2.26. The van der Waals surface area contributed by atoms with Gasteiger partial charge in [-0.25, -0.2) is 14.8 Å². The summed E-state index contributed by atoms with van der Waals surface area (Å²) in [5.41, 5.74) is 0.891. The minimum Gasteiger partial charge on any atom is -0.478 e. The molecule has 2 heterocycles. The van der Waals surface area contributed by atoms with Gasteiger partial charge in [0.1, 0.15) is 10.9 Å². The van der Waals surface area contributed by atoms with Gasteiger partial charge in [-0.1, -0.05) is 6.07 Å². The Kier molecular flexibility index (Phi) is 3.11. The standard InChI is InChI=1S/C13H10N4O2S/c1-7-14-13(17-16-7)20-11-6-5-8-9(12(18)19)3-2-4-10(8)15-11/h2-6H,1H3,(H,18,19)(H,14,16,17). The van der Waals surface area contributed by atoms with Crippen LogP contribution in [-0.2, 0) is 0 Å². The van der Waals surface area contributed by atoms with Crippen LogP contribution >= 0.6 is 11.8 Å². The number of rotatable bonds is 3. The van der Waals surface area contributed by atoms with E-state index in [2.05, 4.69) is 20.2 Å². The average molecular weight is 286 g/mol. The molecule has 100 valence electrons. The number of carboxylic acids is 1. The van der Waals surface area contributed by atoms with Crippen LogP contribution in [0.4, 0.5) is 0 Å². The molecule has 0 unspecified atom stereocenters. The van der Waals surface area contributed by atoms with Gasteiger partial charge in [0.25, 0.3) is 0 Å². The van der Waals surface area contributed by atoms with Crippen molar-refractivity contribution < 1.29 is 9.90 Å². The fraction of sp³-hybridized carbons (Fsp3) is 0.0769. The Morgan fingerprint density at radius 2 is 2.10 bits per heavy atom. The van der Waals surface area contributed by atoms with Gasteiger partial charge in [-0.3, -0.25) is 5.10 Å². The number of hydrogen-bond acceptors (Lipinski definition) is 5. The lowest BCUT2D eigenvalue weighted by molar-refractivity contribution is 0.0699. The van der Waals surface area contributed by atoms with Crippen molar-refractivity contribution in [1.82, 2.24) is 20.2 Å². The van der Waals surface area contributed by atoms with Crippen molar-refractivity contribution in [2.75, 3.05) is 0 Å². The van der Waals surface area contributed by atoms with Crippen LogP contribution in [0.1, 0.15) is 16.2 Å². The lowest BCUT2D eigenvalue weighted by Crippen LogP contribution is -1.98. The number of benzene rings is 1. The number of nitrogens with zero attached hydrogens (tertiary/aromatic N) is 3. The van der Waals surface area contributed by atoms with E-state index >= 15 is 0 Å². The van der Waals surface area contributed by atoms with Crippen LogP contribution in [0.3, 0.4) is 0 Å². The molecule has 3 rings (SSSR count). The molecule has 3 aromatic rings. The van der Waals surface area contributed by atoms with E-state index in [1.54, 1.807) is 30.3 Å². The molecule has 7 heteroatoms. The molecule has 0 saturated carbocycles. The molecule has 0 saturated heterocycles. The van der Waals surface area contributed by atoms with Gasteiger partial charge in [0.2, 0.25) is 5.16 Å². The van der Waals surface area contributed by atoms with Crippen molar-refractivity contribution in [3.63, 3.8) is 0 Å². The molecule has 0 aliphatic rings. The van der Waals surface area contributed by atoms with E-state index in [9.17, 15) is 4.79 Å². The zero-order valence-electron chi connectivity index (χ0n) is 10.5. The van der Waals surface area contributed by atoms with Crippen LogP contribution in [0.15, 0.2) is 40.5 Å². The molecule has 0 amide bonds. The van der Waals surface area contributed by atoms with E-state index in [1.807, 2.05) is 6.92 Å². The summed E-state index contributed by atoms with van der Waals surface area (Å²) in [6.45, 7) is 1.82. The molecule has 6 nitrogen and oxygen atoms in total. The Bertz CT molecular complexity index is 800. The van der Waals surface area contributed by atoms with Crippen LogP contribution in [0.25, 0.3) is 10.9 Å². The van der Waals surface area contributed by atoms with E-state index in [4.69, 9.17) is 5.11 Å². The Balaban J connectivity index is 2.01. The summed E-state index contributed by atoms with van der Waals surface area (Å²) in [5.74, 6) is -0.219. The molecule has 2 N–H and O–H groups in total. The number of carbonyl (C=O) groups is 1. The average Bonchev–Trinajstić information content (AvgIpc) is 2.83. The molecule has 0 bridgehead atoms. The van der Waals surface area contributed by atoms with Crippen molar-refractivity contribution in [2.45, 2.75) is 17.1 Å². The maximum absolute atomic E-state index is 11.1. The first-order chi connectivity index (χ1) is 9.63. The third-order valence-electron chi connectivity index (χ3n) is 2.71. The minimum absolute atomic E-state index is 0.250. The van der Waals surface area contributed by atoms with Crippen LogP contribution in [-0.4, -0.2) is 31.2 Å². The van der Waals surface area contributed by atoms with Crippen molar-refractivity contribution in [2.24, 2.45) is 0 Å². The predicted octanol–water partition coefficient (Wildman–Crippen LogP) is 2.51. The molecule has 0 aliphatic heterocycles. The molecule has 0 fully saturated rings. The van der Waals surface area contributed by atoms with Gasteiger partial charge in [0.05, 0.1) is 11.1 Å². The third kappa shape index (κ3) is 2.35. The number of fused-ring (bicyclic) bond motifs is 1. The molecule has 1 aromatic carbocycles. The number of hydrogen-bond donors (Lipinski definition) is 2. The van der Waals surface area contributed by atoms with Gasteiger partial charge in [0, 0.05) is 5.39 Å². The van der Waals surface area contributed by atoms with Crippen LogP contribution < -0.4 is 0 Å². The number of aryl methyl sites for hydroxylation is 1. The van der Waals surface area contributed by atoms with E-state index in [1.165, 1.54) is 11.8 Å². The number of aromatic carboxylic acids is 1. The summed E-state index contributed by atoms with van der Waals surface area (Å²) in [5, 5.41) is 17.9. The van der Waals surface area contributed by atoms with Crippen molar-refractivity contribution >= 4 is 28.6 Å². The van der Waals surface area contributed by atoms with Gasteiger partial charge in [0.15, 0.2) is 0 Å². The van der Waals surface area contributed by atoms with Crippen molar-refractivity contribution in [1.29, 1.82) is 0 Å². The fourth-order valence-electron chi connectivity index (χ4n) is 1.84. The second-order valence-electron chi connectivity index (χ2n) is 4.13. The topological polar surface area (TPSA) is 91.8 Å². The Morgan fingerprint density at radius 1 is 1.25 bits per heavy atom. The van der Waals surface area contributed by atoms with Gasteiger partial charge in [-0.2, -0.15) is 0 Å². The molecule has 20 heavy (non-hydrogen) atoms. The number of nitrogens with one attached hydrogen (secondary N) is 1. The summed E-state index contributed by atoms with van der Waals surface area (Å²) in [6.07, 6.45) is 0. The third-order valence-corrected chi connectivity index (χ3v) is 3.51. The Labute approximate surface area is 118 Å². The number of pyridine rings is 1. The highest BCUT2D eigenvalue weighted by Gasteiger charge is 2.10. The lowest BCUT2D eigenvalue weighted by Gasteiger charge is -2.03. The maximum Gasteiger partial charge on any atom is 0.336 e. The van der Waals surface area contributed by atoms with Gasteiger partial charge in [-0.15, -0.1) is 5.10 Å². The van der Waals surface area contributed by atoms with Gasteiger partial charge >= 0.3 is 5.97 Å². The molecule has 0 aliphatic carbocycles. The molecular weight excluding hydrogens is 276 g/mol. The zero-order chi connectivity index (χ0) is 14.1. The first kappa shape index (κ1) is 12.6. The van der Waals surface area contributed by atoms with E-state index in [-0.39, 0.29) is 5.56 Å². The number of carboxylic acid groups (broad SMARTS) is 1. The minimum atomic E-state index is -0.956. The van der Waals surface area contributed by atoms with Gasteiger partial charge in [-0.05, 0) is 43.0 Å². The fourth-order valence-corrected chi connectivity index (χ4v) is 2.58. The first-order valence-electron chi connectivity index (χ1n) is 5.83. The summed E-state index contributed by atoms with van der Waals surface area (Å²) in [4.78, 5) is 19.8. The zero-order valence-corrected chi connectivity index (χ0v) is 11.3. The van der Waals surface area contributed by atoms with Crippen LogP contribution in [0.2, 0.25) is 0 Å². The largest absolute Gasteiger partial charge is 0.478 e. The second-order valence-corrected chi connectivity index (χ2v) is 5.12. The van der Waals surface area contributed by atoms with E-state index < -0.39 is 5.97 Å². The number of H-pyrrole nitrogens is 1. The number of aromatic amines is 1. The molecule has 0 spiro atoms. The Hall–Kier alpha value is -2.41. The SMILES string of the molecule is Cc1nc(Sc2ccc3c(C(=O)O)cccc3n2)n[nH]1. The quantitative estimate of drug-likeness (QED) is 0.768. The van der Waals surface area contributed by atoms with Crippen LogP contribution in [0, 0.1) is 6.92 Å². The summed E-state index contributed by atoms with van der Waals surface area (Å²) < 4.78 is 0. The monoisotopic (exact) mass is 286 g/mol. The lowest BCUT2D eigenvalue weighted by atomic mass is 10.1. The highest BCUT2D eigenvalue weighted by atomic mass is 32.2. The first-order valence-corrected chi connectivity index (χ1v) is 6.65. The normalized spacial score (nSPS) is 10.8. The van der Waals surface area contributed by atoms with Gasteiger partial charge < -0.3 is 5.11 Å². The number of aromatic nitrogens is 4. The van der Waals surface area contributed by atoms with Crippen molar-refractivity contribution in [3.8, 4) is 0 Å². The van der Waals surface area contributed by atoms with E-state index in [0.717, 1.165) is 10.9 Å². The summed E-state index contributed by atoms with van der Waals surface area (Å²) in [6, 6.07) is 8.57. The smallest absolute Gasteiger partial charge is 0.336 e. The molecule has 2 aromatic heterocycles. The van der Waals surface area contributed by atoms with E-state index in [0.29, 0.717) is 16.1 Å². The van der Waals surface area contributed by atoms with Crippen LogP contribution in [0.5, 0.6) is 0 Å².